The van der Waals surface area contributed by atoms with Gasteiger partial charge in [0.15, 0.2) is 33.5 Å². The normalized spacial score (nSPS) is 17.6. The molecule has 2 amide bonds. The molecule has 8 N–H and O–H groups in total. The molecule has 0 aromatic carbocycles. The van der Waals surface area contributed by atoms with Gasteiger partial charge in [-0.25, -0.2) is 43.6 Å². The van der Waals surface area contributed by atoms with E-state index < -0.39 is 0 Å². The van der Waals surface area contributed by atoms with E-state index in [0.29, 0.717) is 110 Å². The zero-order chi connectivity index (χ0) is 97.5. The first kappa shape index (κ1) is 104. The third-order valence-corrected chi connectivity index (χ3v) is 25.5. The maximum absolute atomic E-state index is 12.9. The number of alkyl halides is 5. The molecule has 4 atom stereocenters. The van der Waals surface area contributed by atoms with Crippen molar-refractivity contribution >= 4 is 102 Å². The third kappa shape index (κ3) is 27.2. The molecule has 6 aliphatic rings. The number of pyridine rings is 4. The number of rotatable bonds is 23. The number of hydroxylamine groups is 1. The van der Waals surface area contributed by atoms with E-state index in [1.54, 1.807) is 54.5 Å². The lowest BCUT2D eigenvalue weighted by Gasteiger charge is -2.23. The van der Waals surface area contributed by atoms with Crippen molar-refractivity contribution in [3.8, 4) is 34.6 Å². The van der Waals surface area contributed by atoms with Gasteiger partial charge < -0.3 is 60.0 Å². The Hall–Kier alpha value is -10.2. The monoisotopic (exact) mass is 2040 g/mol. The van der Waals surface area contributed by atoms with Crippen LogP contribution in [0.4, 0.5) is 46.8 Å². The number of ether oxygens (including phenoxy) is 2. The molecule has 2 saturated carbocycles. The zero-order valence-electron chi connectivity index (χ0n) is 81.6. The van der Waals surface area contributed by atoms with Crippen LogP contribution < -0.4 is 42.0 Å². The maximum atomic E-state index is 12.9. The molecule has 18 rings (SSSR count). The molecule has 0 unspecified atom stereocenters. The van der Waals surface area contributed by atoms with Crippen LogP contribution in [0.3, 0.4) is 0 Å². The van der Waals surface area contributed by atoms with Crippen LogP contribution in [0.15, 0.2) is 114 Å². The van der Waals surface area contributed by atoms with Gasteiger partial charge in [0.1, 0.15) is 60.5 Å². The number of imidazole rings is 2. The molecule has 32 nitrogen and oxygen atoms in total. The van der Waals surface area contributed by atoms with Gasteiger partial charge in [-0.15, -0.1) is 0 Å². The Morgan fingerprint density at radius 2 is 0.881 bits per heavy atom. The van der Waals surface area contributed by atoms with E-state index in [1.165, 1.54) is 41.2 Å². The summed E-state index contributed by atoms with van der Waals surface area (Å²) in [5.41, 5.74) is 20.2. The number of nitrogens with one attached hydrogen (secondary N) is 5. The number of amides is 2. The lowest BCUT2D eigenvalue weighted by Crippen LogP contribution is -2.26. The van der Waals surface area contributed by atoms with Crippen molar-refractivity contribution in [1.82, 2.24) is 113 Å². The fraction of sp³-hybridized carbons (Fsp3) is 0.546. The van der Waals surface area contributed by atoms with Crippen LogP contribution in [0.5, 0.6) is 23.0 Å². The van der Waals surface area contributed by atoms with E-state index in [4.69, 9.17) is 35.7 Å². The molecule has 12 aromatic rings. The number of fused-ring (bicyclic) bond motifs is 2. The number of nitrogens with two attached hydrogens (primary N) is 1. The van der Waals surface area contributed by atoms with Crippen LogP contribution in [0.1, 0.15) is 204 Å². The molecular weight excluding hydrogens is 1910 g/mol. The summed E-state index contributed by atoms with van der Waals surface area (Å²) in [6.45, 7) is 42.9. The van der Waals surface area contributed by atoms with Crippen LogP contribution >= 0.6 is 38.5 Å². The van der Waals surface area contributed by atoms with Gasteiger partial charge in [0.05, 0.1) is 54.3 Å². The summed E-state index contributed by atoms with van der Waals surface area (Å²) in [4.78, 5) is 56.6. The number of halogens is 6. The van der Waals surface area contributed by atoms with Crippen molar-refractivity contribution in [2.45, 2.75) is 208 Å². The molecular formula is C97H137BrF4IN27O5. The first-order valence-electron chi connectivity index (χ1n) is 46.6. The molecule has 0 bridgehead atoms. The second kappa shape index (κ2) is 45.8. The van der Waals surface area contributed by atoms with E-state index in [1.807, 2.05) is 68.7 Å². The number of hydrogen-bond donors (Lipinski definition) is 7. The van der Waals surface area contributed by atoms with Gasteiger partial charge in [-0.05, 0) is 138 Å². The highest BCUT2D eigenvalue weighted by atomic mass is 127. The van der Waals surface area contributed by atoms with E-state index >= 15 is 0 Å². The standard InChI is InChI=1S/C29H36FN9O2.C19H29FN4.C17H26N4.C16H14BrN5O2.C13H23FN4.C2H4FI.CH5NO/c1-29(2,3)23-15-25(36-39(23)19-8-11-38(17-19)12-9-30)34-28-35-26-22(37(28)4)13-21(16-32-26)41-20-7-10-31-24(14-20)33-27(40)18-5-6-18;1-14-6-7-15(2)23(14)18-12-17(19(3,4)5)24(21-18)16-8-10-22(13-16)11-9-20;1-12-6-7-13(2)20(12)16-10-15(17(3,4)5)21(19-16)14-8-9-18-11-14;1-22-12-6-11(8-19-14(12)21-16(22)17)24-10-4-5-18-13(7-10)20-15(23)9-2-3-9;1-13(2,3)11-8-12(15)16-18(11)10-4-6-17(9-10)7-5-14;3-1-2-4;1-2-3/h7,10,13-16,18-19H,5-6,8-9,11-12,17H2,1-4H3,(H,31,33,40)(H,32,34,35,36);6-7,12,16H,8-11,13H2,1-5H3;6-7,10,14,18H,8-9,11H2,1-5H3;4-9H,2-3H2,1H3,(H,18,20,23);8,10H,4-7,9H2,1-3H3,(H2,15,16);1-2H2;2-3H,1H3/t19-;16-;14-;;10-;;/m111.1../s1. The highest BCUT2D eigenvalue weighted by Crippen LogP contribution is 2.40. The molecule has 732 valence electrons. The maximum Gasteiger partial charge on any atom is 0.228 e. The van der Waals surface area contributed by atoms with E-state index in [-0.39, 0.29) is 78.1 Å². The molecule has 38 heteroatoms. The van der Waals surface area contributed by atoms with Gasteiger partial charge >= 0.3 is 0 Å². The van der Waals surface area contributed by atoms with Crippen LogP contribution in [0, 0.1) is 39.5 Å². The van der Waals surface area contributed by atoms with Crippen LogP contribution in [-0.4, -0.2) is 229 Å². The summed E-state index contributed by atoms with van der Waals surface area (Å²) >= 11 is 5.35. The molecule has 16 heterocycles. The van der Waals surface area contributed by atoms with Gasteiger partial charge in [0.2, 0.25) is 17.8 Å². The van der Waals surface area contributed by atoms with E-state index in [2.05, 4.69) is 263 Å². The summed E-state index contributed by atoms with van der Waals surface area (Å²) in [5.74, 6) is 7.35. The Morgan fingerprint density at radius 1 is 0.496 bits per heavy atom. The number of hydrogen-bond acceptors (Lipinski definition) is 22. The van der Waals surface area contributed by atoms with Crippen molar-refractivity contribution in [1.29, 1.82) is 0 Å². The van der Waals surface area contributed by atoms with Gasteiger partial charge in [-0.2, -0.15) is 25.4 Å². The average Bonchev–Trinajstić information content (AvgIpc) is 1.62. The molecule has 135 heavy (non-hydrogen) atoms. The second-order valence-electron chi connectivity index (χ2n) is 39.4. The third-order valence-electron chi connectivity index (χ3n) is 24.4. The fourth-order valence-corrected chi connectivity index (χ4v) is 17.4. The van der Waals surface area contributed by atoms with Crippen LogP contribution in [0.2, 0.25) is 0 Å². The SMILES string of the molecule is CC(C)(C)c1cc(N)nn1[C@@H]1CCN(CCF)C1.CNO.Cc1ccc(C)n1-c1cc(C(C)(C)C)n([C@@H]2CCN(CCF)C2)n1.Cc1ccc(C)n1-c1cc(C(C)(C)C)n([C@@H]2CCNC2)n1.Cn1c(Br)nc2ncc(Oc3ccnc(NC(=O)C4CC4)c3)cc21.Cn1c(Nc2cc(C(C)(C)C)n([C@@H]3CCN(CCF)C3)n2)nc2ncc(Oc3ccnc(NC(=O)C4CC4)c3)cc21.FCCI. The highest BCUT2D eigenvalue weighted by Gasteiger charge is 2.37. The number of likely N-dealkylation sites (tertiary alicyclic amines) is 3. The van der Waals surface area contributed by atoms with Gasteiger partial charge in [-0.1, -0.05) is 106 Å². The predicted molar refractivity (Wildman–Crippen MR) is 535 cm³/mol. The molecule has 4 aliphatic heterocycles. The van der Waals surface area contributed by atoms with Crippen molar-refractivity contribution < 1.29 is 41.8 Å². The number of carbonyl (C=O) groups is 2. The second-order valence-corrected chi connectivity index (χ2v) is 41.2. The quantitative estimate of drug-likeness (QED) is 0.0135. The minimum atomic E-state index is -0.333. The Labute approximate surface area is 811 Å². The molecule has 6 fully saturated rings. The number of anilines is 5. The van der Waals surface area contributed by atoms with Crippen molar-refractivity contribution in [2.75, 3.05) is 132 Å². The van der Waals surface area contributed by atoms with Gasteiger partial charge in [0.25, 0.3) is 0 Å². The fourth-order valence-electron chi connectivity index (χ4n) is 17.0. The molecule has 2 aliphatic carbocycles. The predicted octanol–water partition coefficient (Wildman–Crippen LogP) is 18.1. The Morgan fingerprint density at radius 3 is 1.27 bits per heavy atom. The largest absolute Gasteiger partial charge is 0.455 e. The number of carbonyl (C=O) groups excluding carboxylic acids is 2. The molecule has 0 radical (unpaired) electrons. The zero-order valence-corrected chi connectivity index (χ0v) is 85.4. The topological polar surface area (TPSA) is 337 Å². The lowest BCUT2D eigenvalue weighted by atomic mass is 9.91. The number of nitrogen functional groups attached to an aromatic ring is 1. The summed E-state index contributed by atoms with van der Waals surface area (Å²) in [6.07, 6.45) is 14.4. The number of nitrogens with zero attached hydrogens (tertiary/aromatic N) is 21. The first-order chi connectivity index (χ1) is 64.2. The van der Waals surface area contributed by atoms with E-state index in [9.17, 15) is 27.2 Å². The van der Waals surface area contributed by atoms with Crippen LogP contribution in [0.25, 0.3) is 34.0 Å². The summed E-state index contributed by atoms with van der Waals surface area (Å²) in [6, 6.07) is 29.0. The Bertz CT molecular complexity index is 5870. The lowest BCUT2D eigenvalue weighted by molar-refractivity contribution is -0.118. The molecule has 12 aromatic heterocycles. The summed E-state index contributed by atoms with van der Waals surface area (Å²) in [7, 11) is 5.23. The number of aryl methyl sites for hydroxylation is 6. The van der Waals surface area contributed by atoms with Crippen molar-refractivity contribution in [2.24, 2.45) is 25.9 Å². The Balaban J connectivity index is 0.000000154. The van der Waals surface area contributed by atoms with Gasteiger partial charge in [-0.3, -0.25) is 47.4 Å². The van der Waals surface area contributed by atoms with Crippen LogP contribution in [-0.2, 0) is 45.3 Å². The van der Waals surface area contributed by atoms with Gasteiger partial charge in [0, 0.05) is 231 Å². The van der Waals surface area contributed by atoms with Crippen molar-refractivity contribution in [3.05, 3.63) is 160 Å². The number of aromatic nitrogens is 18. The summed E-state index contributed by atoms with van der Waals surface area (Å²) in [5, 5.41) is 39.1. The molecule has 4 saturated heterocycles. The van der Waals surface area contributed by atoms with E-state index in [0.717, 1.165) is 138 Å². The minimum absolute atomic E-state index is 0.00545. The minimum Gasteiger partial charge on any atom is -0.455 e. The smallest absolute Gasteiger partial charge is 0.228 e. The first-order valence-corrected chi connectivity index (χ1v) is 48.9. The van der Waals surface area contributed by atoms with Crippen molar-refractivity contribution in [3.63, 3.8) is 0 Å². The highest BCUT2D eigenvalue weighted by molar-refractivity contribution is 14.1. The summed E-state index contributed by atoms with van der Waals surface area (Å²) < 4.78 is 78.7. The molecule has 0 spiro atoms. The Kier molecular flexibility index (Phi) is 35.2. The average molecular weight is 2040 g/mol.